The summed E-state index contributed by atoms with van der Waals surface area (Å²) in [7, 11) is 4.03. The van der Waals surface area contributed by atoms with E-state index in [2.05, 4.69) is 25.7 Å². The minimum atomic E-state index is -0.324. The Morgan fingerprint density at radius 3 is 1.41 bits per heavy atom. The van der Waals surface area contributed by atoms with Crippen LogP contribution in [0.2, 0.25) is 0 Å². The Morgan fingerprint density at radius 1 is 0.561 bits per heavy atom. The van der Waals surface area contributed by atoms with Crippen LogP contribution < -0.4 is 0 Å². The SMILES string of the molecule is CCCCCCCCCCCCC(COC(=O)C(CCCCCCC)CCCCCCC)OC(=O)CCCN(C)C. The van der Waals surface area contributed by atoms with E-state index < -0.39 is 0 Å². The lowest BCUT2D eigenvalue weighted by Gasteiger charge is -2.21. The highest BCUT2D eigenvalue weighted by Crippen LogP contribution is 2.21. The Balaban J connectivity index is 4.75. The summed E-state index contributed by atoms with van der Waals surface area (Å²) < 4.78 is 11.7. The minimum absolute atomic E-state index is 0.0213. The summed E-state index contributed by atoms with van der Waals surface area (Å²) in [5.74, 6) is -0.261. The zero-order chi connectivity index (χ0) is 30.4. The van der Waals surface area contributed by atoms with Crippen molar-refractivity contribution < 1.29 is 19.1 Å². The number of rotatable bonds is 31. The summed E-state index contributed by atoms with van der Waals surface area (Å²) in [5.41, 5.74) is 0. The van der Waals surface area contributed by atoms with E-state index >= 15 is 0 Å². The predicted molar refractivity (Wildman–Crippen MR) is 175 cm³/mol. The van der Waals surface area contributed by atoms with Crippen LogP contribution in [0, 0.1) is 5.92 Å². The molecule has 0 heterocycles. The molecule has 5 nitrogen and oxygen atoms in total. The van der Waals surface area contributed by atoms with Crippen LogP contribution >= 0.6 is 0 Å². The second-order valence-corrected chi connectivity index (χ2v) is 12.7. The van der Waals surface area contributed by atoms with Crippen molar-refractivity contribution in [2.24, 2.45) is 5.92 Å². The lowest BCUT2D eigenvalue weighted by molar-refractivity contribution is -0.162. The molecule has 41 heavy (non-hydrogen) atoms. The average molecular weight is 582 g/mol. The first-order valence-corrected chi connectivity index (χ1v) is 17.9. The summed E-state index contributed by atoms with van der Waals surface area (Å²) in [5, 5.41) is 0. The fraction of sp³-hybridized carbons (Fsp3) is 0.944. The number of unbranched alkanes of at least 4 members (excludes halogenated alkanes) is 17. The number of carbonyl (C=O) groups excluding carboxylic acids is 2. The molecule has 0 N–H and O–H groups in total. The Kier molecular flexibility index (Phi) is 29.5. The van der Waals surface area contributed by atoms with Crippen LogP contribution in [-0.4, -0.2) is 50.2 Å². The van der Waals surface area contributed by atoms with Gasteiger partial charge in [0.1, 0.15) is 12.7 Å². The van der Waals surface area contributed by atoms with Crippen molar-refractivity contribution in [3.8, 4) is 0 Å². The molecule has 0 bridgehead atoms. The van der Waals surface area contributed by atoms with E-state index in [-0.39, 0.29) is 30.6 Å². The van der Waals surface area contributed by atoms with E-state index in [4.69, 9.17) is 9.47 Å². The molecule has 0 saturated carbocycles. The molecular formula is C36H71NO4. The van der Waals surface area contributed by atoms with Crippen molar-refractivity contribution in [3.63, 3.8) is 0 Å². The van der Waals surface area contributed by atoms with Crippen LogP contribution in [0.4, 0.5) is 0 Å². The van der Waals surface area contributed by atoms with Gasteiger partial charge in [-0.05, 0) is 52.7 Å². The van der Waals surface area contributed by atoms with Crippen molar-refractivity contribution in [1.82, 2.24) is 4.90 Å². The molecular weight excluding hydrogens is 510 g/mol. The van der Waals surface area contributed by atoms with Crippen LogP contribution in [0.15, 0.2) is 0 Å². The molecule has 0 rings (SSSR count). The third-order valence-corrected chi connectivity index (χ3v) is 8.22. The maximum absolute atomic E-state index is 13.2. The van der Waals surface area contributed by atoms with Gasteiger partial charge in [0, 0.05) is 6.42 Å². The fourth-order valence-electron chi connectivity index (χ4n) is 5.48. The topological polar surface area (TPSA) is 55.8 Å². The molecule has 0 fully saturated rings. The summed E-state index contributed by atoms with van der Waals surface area (Å²) in [6.45, 7) is 7.80. The summed E-state index contributed by atoms with van der Waals surface area (Å²) >= 11 is 0. The monoisotopic (exact) mass is 582 g/mol. The smallest absolute Gasteiger partial charge is 0.309 e. The summed E-state index contributed by atoms with van der Waals surface area (Å²) in [6.07, 6.45) is 28.3. The van der Waals surface area contributed by atoms with Crippen LogP contribution in [0.25, 0.3) is 0 Å². The third-order valence-electron chi connectivity index (χ3n) is 8.22. The number of esters is 2. The molecule has 0 amide bonds. The first-order valence-electron chi connectivity index (χ1n) is 17.9. The Hall–Kier alpha value is -1.10. The first-order chi connectivity index (χ1) is 19.9. The number of ether oxygens (including phenoxy) is 2. The van der Waals surface area contributed by atoms with Gasteiger partial charge < -0.3 is 14.4 Å². The number of hydrogen-bond acceptors (Lipinski definition) is 5. The van der Waals surface area contributed by atoms with Gasteiger partial charge in [-0.1, -0.05) is 143 Å². The molecule has 0 aromatic rings. The highest BCUT2D eigenvalue weighted by molar-refractivity contribution is 5.72. The second-order valence-electron chi connectivity index (χ2n) is 12.7. The van der Waals surface area contributed by atoms with Gasteiger partial charge in [0.2, 0.25) is 0 Å². The molecule has 1 atom stereocenters. The van der Waals surface area contributed by atoms with Crippen LogP contribution in [0.1, 0.15) is 181 Å². The van der Waals surface area contributed by atoms with Gasteiger partial charge in [-0.25, -0.2) is 0 Å². The van der Waals surface area contributed by atoms with Gasteiger partial charge in [0.05, 0.1) is 5.92 Å². The molecule has 0 aromatic carbocycles. The van der Waals surface area contributed by atoms with Gasteiger partial charge in [0.25, 0.3) is 0 Å². The lowest BCUT2D eigenvalue weighted by Crippen LogP contribution is -2.28. The van der Waals surface area contributed by atoms with E-state index in [0.29, 0.717) is 6.42 Å². The predicted octanol–water partition coefficient (Wildman–Crippen LogP) is 10.4. The maximum Gasteiger partial charge on any atom is 0.309 e. The molecule has 0 aromatic heterocycles. The largest absolute Gasteiger partial charge is 0.462 e. The Bertz CT molecular complexity index is 566. The lowest BCUT2D eigenvalue weighted by atomic mass is 9.94. The van der Waals surface area contributed by atoms with Crippen molar-refractivity contribution in [2.45, 2.75) is 187 Å². The second kappa shape index (κ2) is 30.4. The van der Waals surface area contributed by atoms with E-state index in [1.54, 1.807) is 0 Å². The fourth-order valence-corrected chi connectivity index (χ4v) is 5.48. The zero-order valence-corrected chi connectivity index (χ0v) is 28.3. The standard InChI is InChI=1S/C36H71NO4/c1-6-9-12-15-16-17-18-19-22-25-29-34(41-35(38)30-26-31-37(4)5)32-40-36(39)33(27-23-20-13-10-7-2)28-24-21-14-11-8-3/h33-34H,6-32H2,1-5H3. The van der Waals surface area contributed by atoms with Crippen LogP contribution in [-0.2, 0) is 19.1 Å². The maximum atomic E-state index is 13.2. The molecule has 0 aliphatic carbocycles. The number of nitrogens with zero attached hydrogens (tertiary/aromatic N) is 1. The van der Waals surface area contributed by atoms with Gasteiger partial charge in [-0.3, -0.25) is 9.59 Å². The zero-order valence-electron chi connectivity index (χ0n) is 28.3. The Morgan fingerprint density at radius 2 is 0.976 bits per heavy atom. The van der Waals surface area contributed by atoms with Crippen molar-refractivity contribution in [2.75, 3.05) is 27.2 Å². The highest BCUT2D eigenvalue weighted by atomic mass is 16.6. The van der Waals surface area contributed by atoms with Gasteiger partial charge in [-0.2, -0.15) is 0 Å². The Labute approximate surface area is 256 Å². The van der Waals surface area contributed by atoms with Gasteiger partial charge >= 0.3 is 11.9 Å². The highest BCUT2D eigenvalue weighted by Gasteiger charge is 2.22. The van der Waals surface area contributed by atoms with E-state index in [0.717, 1.165) is 57.9 Å². The van der Waals surface area contributed by atoms with Gasteiger partial charge in [-0.15, -0.1) is 0 Å². The molecule has 0 aliphatic rings. The van der Waals surface area contributed by atoms with E-state index in [9.17, 15) is 9.59 Å². The summed E-state index contributed by atoms with van der Waals surface area (Å²) in [6, 6.07) is 0. The van der Waals surface area contributed by atoms with Crippen molar-refractivity contribution in [1.29, 1.82) is 0 Å². The third kappa shape index (κ3) is 27.5. The van der Waals surface area contributed by atoms with Gasteiger partial charge in [0.15, 0.2) is 0 Å². The molecule has 0 aliphatic heterocycles. The van der Waals surface area contributed by atoms with E-state index in [1.165, 1.54) is 103 Å². The quantitative estimate of drug-likeness (QED) is 0.0602. The molecule has 0 saturated heterocycles. The first kappa shape index (κ1) is 39.9. The normalized spacial score (nSPS) is 12.3. The number of hydrogen-bond donors (Lipinski definition) is 0. The minimum Gasteiger partial charge on any atom is -0.462 e. The molecule has 1 unspecified atom stereocenters. The van der Waals surface area contributed by atoms with Crippen molar-refractivity contribution >= 4 is 11.9 Å². The van der Waals surface area contributed by atoms with Crippen LogP contribution in [0.5, 0.6) is 0 Å². The van der Waals surface area contributed by atoms with Crippen LogP contribution in [0.3, 0.4) is 0 Å². The molecule has 0 radical (unpaired) electrons. The van der Waals surface area contributed by atoms with Crippen molar-refractivity contribution in [3.05, 3.63) is 0 Å². The summed E-state index contributed by atoms with van der Waals surface area (Å²) in [4.78, 5) is 27.8. The molecule has 5 heteroatoms. The molecule has 0 spiro atoms. The number of carbonyl (C=O) groups is 2. The van der Waals surface area contributed by atoms with E-state index in [1.807, 2.05) is 14.1 Å². The average Bonchev–Trinajstić information content (AvgIpc) is 2.95. The molecule has 244 valence electrons.